The van der Waals surface area contributed by atoms with E-state index < -0.39 is 0 Å². The molecule has 28 heavy (non-hydrogen) atoms. The molecule has 0 aliphatic carbocycles. The molecular formula is C21H20N2O4S. The zero-order chi connectivity index (χ0) is 19.7. The molecule has 0 bridgehead atoms. The van der Waals surface area contributed by atoms with Crippen molar-refractivity contribution in [2.45, 2.75) is 12.5 Å². The number of carbonyl (C=O) groups is 1. The minimum atomic E-state index is -0.379. The van der Waals surface area contributed by atoms with Crippen LogP contribution in [-0.4, -0.2) is 36.6 Å². The number of fused-ring (bicyclic) bond motifs is 1. The first-order valence-corrected chi connectivity index (χ1v) is 9.79. The van der Waals surface area contributed by atoms with Gasteiger partial charge in [-0.2, -0.15) is 0 Å². The van der Waals surface area contributed by atoms with Crippen LogP contribution in [0.4, 0.5) is 0 Å². The van der Waals surface area contributed by atoms with Crippen molar-refractivity contribution < 1.29 is 14.3 Å². The third-order valence-corrected chi connectivity index (χ3v) is 5.92. The van der Waals surface area contributed by atoms with E-state index in [2.05, 4.69) is 4.98 Å². The van der Waals surface area contributed by atoms with Crippen molar-refractivity contribution in [3.63, 3.8) is 0 Å². The lowest BCUT2D eigenvalue weighted by Crippen LogP contribution is -2.42. The van der Waals surface area contributed by atoms with Gasteiger partial charge in [0, 0.05) is 17.6 Å². The van der Waals surface area contributed by atoms with Crippen LogP contribution < -0.4 is 15.0 Å². The van der Waals surface area contributed by atoms with Crippen molar-refractivity contribution >= 4 is 17.2 Å². The molecule has 0 spiro atoms. The van der Waals surface area contributed by atoms with Gasteiger partial charge in [-0.3, -0.25) is 9.59 Å². The van der Waals surface area contributed by atoms with E-state index in [1.54, 1.807) is 42.6 Å². The largest absolute Gasteiger partial charge is 0.493 e. The van der Waals surface area contributed by atoms with E-state index in [9.17, 15) is 9.59 Å². The lowest BCUT2D eigenvalue weighted by molar-refractivity contribution is 0.0695. The summed E-state index contributed by atoms with van der Waals surface area (Å²) in [5.74, 6) is 1.01. The van der Waals surface area contributed by atoms with Crippen LogP contribution >= 0.6 is 11.3 Å². The molecule has 1 N–H and O–H groups in total. The number of ether oxygens (including phenoxy) is 2. The third-order valence-electron chi connectivity index (χ3n) is 5.00. The number of pyridine rings is 1. The first-order chi connectivity index (χ1) is 13.6. The Labute approximate surface area is 166 Å². The van der Waals surface area contributed by atoms with Crippen LogP contribution in [0.25, 0.3) is 0 Å². The van der Waals surface area contributed by atoms with Gasteiger partial charge in [-0.1, -0.05) is 6.07 Å². The summed E-state index contributed by atoms with van der Waals surface area (Å²) < 4.78 is 10.9. The van der Waals surface area contributed by atoms with Crippen LogP contribution in [0.5, 0.6) is 11.5 Å². The monoisotopic (exact) mass is 396 g/mol. The molecule has 0 unspecified atom stereocenters. The first-order valence-electron chi connectivity index (χ1n) is 8.91. The summed E-state index contributed by atoms with van der Waals surface area (Å²) in [6.45, 7) is 0.512. The average Bonchev–Trinajstić information content (AvgIpc) is 3.26. The van der Waals surface area contributed by atoms with Crippen LogP contribution in [0.2, 0.25) is 0 Å². The number of benzene rings is 1. The van der Waals surface area contributed by atoms with Gasteiger partial charge < -0.3 is 19.4 Å². The maximum absolute atomic E-state index is 13.3. The van der Waals surface area contributed by atoms with Crippen molar-refractivity contribution in [2.75, 3.05) is 20.8 Å². The third kappa shape index (κ3) is 3.07. The summed E-state index contributed by atoms with van der Waals surface area (Å²) in [5, 5.41) is 1.99. The van der Waals surface area contributed by atoms with Gasteiger partial charge in [0.15, 0.2) is 11.5 Å². The number of aromatic nitrogens is 1. The van der Waals surface area contributed by atoms with Gasteiger partial charge in [0.05, 0.1) is 20.3 Å². The molecule has 4 rings (SSSR count). The van der Waals surface area contributed by atoms with Crippen molar-refractivity contribution in [3.8, 4) is 11.5 Å². The molecule has 0 saturated carbocycles. The maximum Gasteiger partial charge on any atom is 0.260 e. The van der Waals surface area contributed by atoms with Gasteiger partial charge in [-0.05, 0) is 53.3 Å². The summed E-state index contributed by atoms with van der Waals surface area (Å²) in [6.07, 6.45) is 2.20. The molecule has 1 atom stereocenters. The second-order valence-electron chi connectivity index (χ2n) is 6.49. The number of thiophene rings is 1. The molecule has 1 aromatic carbocycles. The van der Waals surface area contributed by atoms with E-state index in [0.29, 0.717) is 24.5 Å². The highest BCUT2D eigenvalue weighted by Gasteiger charge is 2.35. The standard InChI is InChI=1S/C21H20N2O4S/c1-26-16-11-13-7-9-23(21(25)14-5-3-8-22-20(14)24)19(18-6-4-10-28-18)15(13)12-17(16)27-2/h3-6,8,10-12,19H,7,9H2,1-2H3,(H,22,24)/t19-/m0/s1. The quantitative estimate of drug-likeness (QED) is 0.735. The van der Waals surface area contributed by atoms with E-state index >= 15 is 0 Å². The minimum Gasteiger partial charge on any atom is -0.493 e. The number of hydrogen-bond donors (Lipinski definition) is 1. The number of hydrogen-bond acceptors (Lipinski definition) is 5. The summed E-state index contributed by atoms with van der Waals surface area (Å²) >= 11 is 1.59. The Balaban J connectivity index is 1.85. The predicted octanol–water partition coefficient (Wildman–Crippen LogP) is 3.24. The van der Waals surface area contributed by atoms with Crippen LogP contribution in [0.3, 0.4) is 0 Å². The second-order valence-corrected chi connectivity index (χ2v) is 7.46. The van der Waals surface area contributed by atoms with E-state index in [0.717, 1.165) is 16.0 Å². The number of H-pyrrole nitrogens is 1. The van der Waals surface area contributed by atoms with Crippen molar-refractivity contribution in [1.82, 2.24) is 9.88 Å². The van der Waals surface area contributed by atoms with Gasteiger partial charge in [0.25, 0.3) is 11.5 Å². The number of carbonyl (C=O) groups excluding carboxylic acids is 1. The van der Waals surface area contributed by atoms with Gasteiger partial charge in [0.1, 0.15) is 5.56 Å². The Morgan fingerprint density at radius 3 is 2.64 bits per heavy atom. The van der Waals surface area contributed by atoms with E-state index in [4.69, 9.17) is 9.47 Å². The Morgan fingerprint density at radius 1 is 1.18 bits per heavy atom. The SMILES string of the molecule is COc1cc2c(cc1OC)[C@@H](c1cccs1)N(C(=O)c1ccc[nH]c1=O)CC2. The Bertz CT molecular complexity index is 1060. The van der Waals surface area contributed by atoms with Crippen molar-refractivity contribution in [2.24, 2.45) is 0 Å². The summed E-state index contributed by atoms with van der Waals surface area (Å²) in [5.41, 5.74) is 1.87. The van der Waals surface area contributed by atoms with E-state index in [1.807, 2.05) is 29.6 Å². The predicted molar refractivity (Wildman–Crippen MR) is 108 cm³/mol. The normalized spacial score (nSPS) is 15.8. The molecule has 0 fully saturated rings. The number of methoxy groups -OCH3 is 2. The van der Waals surface area contributed by atoms with Crippen LogP contribution in [0, 0.1) is 0 Å². The smallest absolute Gasteiger partial charge is 0.260 e. The molecule has 1 aliphatic heterocycles. The van der Waals surface area contributed by atoms with Crippen LogP contribution in [0.15, 0.2) is 52.8 Å². The molecule has 2 aromatic heterocycles. The van der Waals surface area contributed by atoms with Crippen molar-refractivity contribution in [1.29, 1.82) is 0 Å². The number of amides is 1. The highest BCUT2D eigenvalue weighted by atomic mass is 32.1. The fourth-order valence-electron chi connectivity index (χ4n) is 3.66. The fourth-order valence-corrected chi connectivity index (χ4v) is 4.52. The molecular weight excluding hydrogens is 376 g/mol. The number of nitrogens with zero attached hydrogens (tertiary/aromatic N) is 1. The first kappa shape index (κ1) is 18.3. The summed E-state index contributed by atoms with van der Waals surface area (Å²) in [4.78, 5) is 30.8. The highest BCUT2D eigenvalue weighted by Crippen LogP contribution is 2.42. The van der Waals surface area contributed by atoms with E-state index in [-0.39, 0.29) is 23.1 Å². The molecule has 3 heterocycles. The van der Waals surface area contributed by atoms with Crippen molar-refractivity contribution in [3.05, 3.63) is 79.9 Å². The van der Waals surface area contributed by atoms with Gasteiger partial charge in [-0.15, -0.1) is 11.3 Å². The van der Waals surface area contributed by atoms with E-state index in [1.165, 1.54) is 6.20 Å². The van der Waals surface area contributed by atoms with Crippen LogP contribution in [0.1, 0.15) is 32.4 Å². The average molecular weight is 396 g/mol. The molecule has 7 heteroatoms. The molecule has 6 nitrogen and oxygen atoms in total. The van der Waals surface area contributed by atoms with Gasteiger partial charge in [-0.25, -0.2) is 0 Å². The van der Waals surface area contributed by atoms with Crippen LogP contribution in [-0.2, 0) is 6.42 Å². The lowest BCUT2D eigenvalue weighted by atomic mass is 9.90. The van der Waals surface area contributed by atoms with Gasteiger partial charge >= 0.3 is 0 Å². The topological polar surface area (TPSA) is 71.6 Å². The Morgan fingerprint density at radius 2 is 1.96 bits per heavy atom. The molecule has 0 radical (unpaired) electrons. The van der Waals surface area contributed by atoms with Gasteiger partial charge in [0.2, 0.25) is 0 Å². The molecule has 0 saturated heterocycles. The zero-order valence-corrected chi connectivity index (χ0v) is 16.4. The molecule has 1 aliphatic rings. The maximum atomic E-state index is 13.3. The zero-order valence-electron chi connectivity index (χ0n) is 15.6. The summed E-state index contributed by atoms with van der Waals surface area (Å²) in [7, 11) is 3.21. The molecule has 144 valence electrons. The fraction of sp³-hybridized carbons (Fsp3) is 0.238. The number of rotatable bonds is 4. The molecule has 3 aromatic rings. The lowest BCUT2D eigenvalue weighted by Gasteiger charge is -2.37. The Kier molecular flexibility index (Phi) is 4.92. The number of nitrogens with one attached hydrogen (secondary N) is 1. The highest BCUT2D eigenvalue weighted by molar-refractivity contribution is 7.10. The molecule has 1 amide bonds. The Hall–Kier alpha value is -3.06. The minimum absolute atomic E-state index is 0.146. The number of aromatic amines is 1. The second kappa shape index (κ2) is 7.52. The summed E-state index contributed by atoms with van der Waals surface area (Å²) in [6, 6.07) is 10.8.